The lowest BCUT2D eigenvalue weighted by atomic mass is 10.1. The highest BCUT2D eigenvalue weighted by Gasteiger charge is 2.40. The van der Waals surface area contributed by atoms with Crippen molar-refractivity contribution in [1.82, 2.24) is 4.90 Å². The lowest BCUT2D eigenvalue weighted by Crippen LogP contribution is -2.35. The summed E-state index contributed by atoms with van der Waals surface area (Å²) in [5.74, 6) is 0.516. The normalized spacial score (nSPS) is 14.4. The van der Waals surface area contributed by atoms with Crippen LogP contribution in [0.1, 0.15) is 16.7 Å². The van der Waals surface area contributed by atoms with E-state index in [2.05, 4.69) is 6.07 Å². The second-order valence-corrected chi connectivity index (χ2v) is 8.52. The van der Waals surface area contributed by atoms with E-state index in [1.165, 1.54) is 22.5 Å². The van der Waals surface area contributed by atoms with Gasteiger partial charge in [-0.3, -0.25) is 14.5 Å². The van der Waals surface area contributed by atoms with Crippen molar-refractivity contribution in [3.05, 3.63) is 95.2 Å². The zero-order chi connectivity index (χ0) is 25.7. The molecule has 1 heterocycles. The second kappa shape index (κ2) is 11.0. The van der Waals surface area contributed by atoms with Gasteiger partial charge in [0.15, 0.2) is 5.11 Å². The Morgan fingerprint density at radius 2 is 1.67 bits per heavy atom. The number of nitrogens with zero attached hydrogens (tertiary/aromatic N) is 2. The first-order valence-electron chi connectivity index (χ1n) is 11.3. The van der Waals surface area contributed by atoms with E-state index in [9.17, 15) is 9.59 Å². The summed E-state index contributed by atoms with van der Waals surface area (Å²) >= 11 is 5.58. The predicted octanol–water partition coefficient (Wildman–Crippen LogP) is 4.73. The lowest BCUT2D eigenvalue weighted by Gasteiger charge is -2.19. The molecule has 1 amide bonds. The zero-order valence-corrected chi connectivity index (χ0v) is 21.1. The van der Waals surface area contributed by atoms with Gasteiger partial charge in [-0.2, -0.15) is 0 Å². The molecular formula is C28H26N2O5S. The number of esters is 1. The van der Waals surface area contributed by atoms with Crippen molar-refractivity contribution >= 4 is 41.0 Å². The first-order chi connectivity index (χ1) is 17.4. The van der Waals surface area contributed by atoms with Gasteiger partial charge in [0.05, 0.1) is 19.9 Å². The van der Waals surface area contributed by atoms with E-state index in [0.29, 0.717) is 23.8 Å². The van der Waals surface area contributed by atoms with Crippen molar-refractivity contribution < 1.29 is 23.8 Å². The SMILES string of the molecule is COC(=O)CN1C(=S)N(c2ccc(OC)cc2)C(=O)/C1=C/c1ccc(OCc2cccc(C)c2)cc1. The minimum Gasteiger partial charge on any atom is -0.497 e. The molecule has 3 aromatic carbocycles. The molecule has 8 heteroatoms. The van der Waals surface area contributed by atoms with Crippen molar-refractivity contribution in [3.63, 3.8) is 0 Å². The second-order valence-electron chi connectivity index (χ2n) is 8.16. The molecule has 0 N–H and O–H groups in total. The number of hydrogen-bond acceptors (Lipinski definition) is 6. The van der Waals surface area contributed by atoms with Gasteiger partial charge in [0, 0.05) is 0 Å². The molecule has 4 rings (SSSR count). The fourth-order valence-electron chi connectivity index (χ4n) is 3.77. The molecule has 184 valence electrons. The molecule has 1 fully saturated rings. The molecule has 0 saturated carbocycles. The Bertz CT molecular complexity index is 1300. The molecule has 36 heavy (non-hydrogen) atoms. The van der Waals surface area contributed by atoms with Crippen molar-refractivity contribution in [3.8, 4) is 11.5 Å². The summed E-state index contributed by atoms with van der Waals surface area (Å²) < 4.78 is 15.9. The molecular weight excluding hydrogens is 476 g/mol. The molecule has 0 bridgehead atoms. The van der Waals surface area contributed by atoms with Gasteiger partial charge in [-0.05, 0) is 72.7 Å². The van der Waals surface area contributed by atoms with Crippen molar-refractivity contribution in [2.75, 3.05) is 25.7 Å². The highest BCUT2D eigenvalue weighted by atomic mass is 32.1. The Hall–Kier alpha value is -4.17. The summed E-state index contributed by atoms with van der Waals surface area (Å²) in [6.07, 6.45) is 1.70. The maximum Gasteiger partial charge on any atom is 0.325 e. The van der Waals surface area contributed by atoms with Gasteiger partial charge in [-0.15, -0.1) is 0 Å². The summed E-state index contributed by atoms with van der Waals surface area (Å²) in [6.45, 7) is 2.32. The first kappa shape index (κ1) is 24.9. The Kier molecular flexibility index (Phi) is 7.65. The quantitative estimate of drug-likeness (QED) is 0.251. The number of carbonyl (C=O) groups is 2. The molecule has 0 unspecified atom stereocenters. The van der Waals surface area contributed by atoms with Gasteiger partial charge in [-0.1, -0.05) is 42.0 Å². The van der Waals surface area contributed by atoms with Crippen LogP contribution in [0.2, 0.25) is 0 Å². The van der Waals surface area contributed by atoms with Crippen LogP contribution >= 0.6 is 12.2 Å². The van der Waals surface area contributed by atoms with E-state index in [1.807, 2.05) is 49.4 Å². The Balaban J connectivity index is 1.57. The topological polar surface area (TPSA) is 68.3 Å². The van der Waals surface area contributed by atoms with Crippen LogP contribution in [0.3, 0.4) is 0 Å². The summed E-state index contributed by atoms with van der Waals surface area (Å²) in [5.41, 5.74) is 3.87. The van der Waals surface area contributed by atoms with Gasteiger partial charge < -0.3 is 19.1 Å². The van der Waals surface area contributed by atoms with E-state index in [1.54, 1.807) is 37.5 Å². The predicted molar refractivity (Wildman–Crippen MR) is 142 cm³/mol. The van der Waals surface area contributed by atoms with Crippen molar-refractivity contribution in [2.24, 2.45) is 0 Å². The van der Waals surface area contributed by atoms with E-state index < -0.39 is 5.97 Å². The van der Waals surface area contributed by atoms with E-state index >= 15 is 0 Å². The molecule has 0 spiro atoms. The standard InChI is InChI=1S/C28H26N2O5S/c1-19-5-4-6-21(15-19)18-35-24-11-7-20(8-12-24)16-25-27(32)30(22-9-13-23(33-2)14-10-22)28(36)29(25)17-26(31)34-3/h4-16H,17-18H2,1-3H3/b25-16-. The number of carbonyl (C=O) groups excluding carboxylic acids is 2. The number of ether oxygens (including phenoxy) is 3. The van der Waals surface area contributed by atoms with Gasteiger partial charge in [0.1, 0.15) is 30.3 Å². The Morgan fingerprint density at radius 3 is 2.31 bits per heavy atom. The maximum absolute atomic E-state index is 13.4. The molecule has 3 aromatic rings. The molecule has 0 aromatic heterocycles. The van der Waals surface area contributed by atoms with Crippen LogP contribution in [-0.2, 0) is 20.9 Å². The van der Waals surface area contributed by atoms with Crippen LogP contribution in [0.15, 0.2) is 78.5 Å². The highest BCUT2D eigenvalue weighted by Crippen LogP contribution is 2.30. The maximum atomic E-state index is 13.4. The third-order valence-electron chi connectivity index (χ3n) is 5.65. The average Bonchev–Trinajstić information content (AvgIpc) is 3.12. The zero-order valence-electron chi connectivity index (χ0n) is 20.3. The van der Waals surface area contributed by atoms with E-state index in [4.69, 9.17) is 26.4 Å². The van der Waals surface area contributed by atoms with Crippen LogP contribution < -0.4 is 14.4 Å². The molecule has 1 aliphatic rings. The van der Waals surface area contributed by atoms with E-state index in [-0.39, 0.29) is 23.3 Å². The number of aryl methyl sites for hydroxylation is 1. The average molecular weight is 503 g/mol. The number of rotatable bonds is 8. The van der Waals surface area contributed by atoms with Crippen LogP contribution in [0.5, 0.6) is 11.5 Å². The monoisotopic (exact) mass is 502 g/mol. The molecule has 0 aliphatic carbocycles. The van der Waals surface area contributed by atoms with Crippen molar-refractivity contribution in [1.29, 1.82) is 0 Å². The number of methoxy groups -OCH3 is 2. The summed E-state index contributed by atoms with van der Waals surface area (Å²) in [4.78, 5) is 28.4. The van der Waals surface area contributed by atoms with Gasteiger partial charge in [-0.25, -0.2) is 0 Å². The highest BCUT2D eigenvalue weighted by molar-refractivity contribution is 7.80. The van der Waals surface area contributed by atoms with Gasteiger partial charge in [0.2, 0.25) is 0 Å². The van der Waals surface area contributed by atoms with Crippen LogP contribution in [0.4, 0.5) is 5.69 Å². The number of anilines is 1. The smallest absolute Gasteiger partial charge is 0.325 e. The van der Waals surface area contributed by atoms with Crippen LogP contribution in [0.25, 0.3) is 6.08 Å². The number of amides is 1. The fraction of sp³-hybridized carbons (Fsp3) is 0.179. The third-order valence-corrected chi connectivity index (χ3v) is 6.06. The first-order valence-corrected chi connectivity index (χ1v) is 11.7. The molecule has 7 nitrogen and oxygen atoms in total. The van der Waals surface area contributed by atoms with Gasteiger partial charge >= 0.3 is 5.97 Å². The Labute approximate surface area is 215 Å². The largest absolute Gasteiger partial charge is 0.497 e. The number of benzene rings is 3. The Morgan fingerprint density at radius 1 is 0.972 bits per heavy atom. The number of hydrogen-bond donors (Lipinski definition) is 0. The number of thiocarbonyl (C=S) groups is 1. The third kappa shape index (κ3) is 5.55. The summed E-state index contributed by atoms with van der Waals surface area (Å²) in [6, 6.07) is 22.5. The van der Waals surface area contributed by atoms with Gasteiger partial charge in [0.25, 0.3) is 5.91 Å². The van der Waals surface area contributed by atoms with Crippen molar-refractivity contribution in [2.45, 2.75) is 13.5 Å². The summed E-state index contributed by atoms with van der Waals surface area (Å²) in [7, 11) is 2.86. The van der Waals surface area contributed by atoms with E-state index in [0.717, 1.165) is 11.1 Å². The van der Waals surface area contributed by atoms with Crippen LogP contribution in [-0.4, -0.2) is 42.7 Å². The minimum atomic E-state index is -0.507. The van der Waals surface area contributed by atoms with Crippen LogP contribution in [0, 0.1) is 6.92 Å². The molecule has 1 saturated heterocycles. The fourth-order valence-corrected chi connectivity index (χ4v) is 4.12. The lowest BCUT2D eigenvalue weighted by molar-refractivity contribution is -0.140. The summed E-state index contributed by atoms with van der Waals surface area (Å²) in [5, 5.41) is 0.194. The molecule has 0 atom stereocenters. The molecule has 0 radical (unpaired) electrons. The minimum absolute atomic E-state index is 0.183. The molecule has 1 aliphatic heterocycles.